The second-order valence-electron chi connectivity index (χ2n) is 8.50. The molecule has 1 unspecified atom stereocenters. The molecular formula is C22H42O2Si. The Morgan fingerprint density at radius 2 is 1.44 bits per heavy atom. The summed E-state index contributed by atoms with van der Waals surface area (Å²) in [7, 11) is -1.14. The molecule has 1 rings (SSSR count). The van der Waals surface area contributed by atoms with Crippen molar-refractivity contribution in [3.63, 3.8) is 0 Å². The molecule has 0 saturated carbocycles. The maximum atomic E-state index is 5.77. The molecule has 1 aliphatic heterocycles. The summed E-state index contributed by atoms with van der Waals surface area (Å²) in [6, 6.07) is 0. The fourth-order valence-electron chi connectivity index (χ4n) is 3.11. The predicted molar refractivity (Wildman–Crippen MR) is 111 cm³/mol. The second-order valence-corrected chi connectivity index (χ2v) is 13.3. The SMILES string of the molecule is C[Si](C)(C)C#CCCCCCCCCCCCCOC1CCCCO1. The maximum absolute atomic E-state index is 5.77. The van der Waals surface area contributed by atoms with Crippen LogP contribution in [-0.2, 0) is 9.47 Å². The van der Waals surface area contributed by atoms with Crippen LogP contribution in [0.2, 0.25) is 19.6 Å². The van der Waals surface area contributed by atoms with E-state index < -0.39 is 8.07 Å². The van der Waals surface area contributed by atoms with Gasteiger partial charge in [-0.1, -0.05) is 71.0 Å². The van der Waals surface area contributed by atoms with E-state index in [0.29, 0.717) is 0 Å². The number of ether oxygens (including phenoxy) is 2. The van der Waals surface area contributed by atoms with Crippen LogP contribution in [0.4, 0.5) is 0 Å². The van der Waals surface area contributed by atoms with Crippen molar-refractivity contribution in [2.24, 2.45) is 0 Å². The number of rotatable bonds is 13. The molecule has 0 aromatic rings. The highest BCUT2D eigenvalue weighted by molar-refractivity contribution is 6.83. The zero-order chi connectivity index (χ0) is 18.2. The Morgan fingerprint density at radius 1 is 0.840 bits per heavy atom. The van der Waals surface area contributed by atoms with Crippen LogP contribution in [0.15, 0.2) is 0 Å². The maximum Gasteiger partial charge on any atom is 0.157 e. The van der Waals surface area contributed by atoms with Gasteiger partial charge in [0.2, 0.25) is 0 Å². The van der Waals surface area contributed by atoms with Gasteiger partial charge in [-0.2, -0.15) is 0 Å². The molecule has 0 aromatic carbocycles. The zero-order valence-electron chi connectivity index (χ0n) is 17.2. The third-order valence-corrected chi connectivity index (χ3v) is 5.53. The minimum Gasteiger partial charge on any atom is -0.353 e. The fraction of sp³-hybridized carbons (Fsp3) is 0.909. The molecule has 0 aromatic heterocycles. The third-order valence-electron chi connectivity index (χ3n) is 4.60. The molecule has 1 fully saturated rings. The number of hydrogen-bond acceptors (Lipinski definition) is 2. The smallest absolute Gasteiger partial charge is 0.157 e. The Balaban J connectivity index is 1.73. The van der Waals surface area contributed by atoms with Gasteiger partial charge in [-0.05, 0) is 32.1 Å². The van der Waals surface area contributed by atoms with Crippen LogP contribution in [0.25, 0.3) is 0 Å². The van der Waals surface area contributed by atoms with Crippen molar-refractivity contribution in [3.05, 3.63) is 0 Å². The van der Waals surface area contributed by atoms with Crippen LogP contribution >= 0.6 is 0 Å². The summed E-state index contributed by atoms with van der Waals surface area (Å²) in [6.45, 7) is 8.72. The van der Waals surface area contributed by atoms with E-state index in [-0.39, 0.29) is 6.29 Å². The first-order chi connectivity index (χ1) is 12.1. The van der Waals surface area contributed by atoms with Crippen molar-refractivity contribution < 1.29 is 9.47 Å². The first-order valence-corrected chi connectivity index (χ1v) is 14.3. The molecule has 146 valence electrons. The molecule has 0 amide bonds. The predicted octanol–water partition coefficient (Wildman–Crippen LogP) is 6.70. The molecular weight excluding hydrogens is 324 g/mol. The van der Waals surface area contributed by atoms with Gasteiger partial charge in [0, 0.05) is 19.6 Å². The van der Waals surface area contributed by atoms with Crippen LogP contribution in [0.3, 0.4) is 0 Å². The lowest BCUT2D eigenvalue weighted by molar-refractivity contribution is -0.162. The third kappa shape index (κ3) is 15.7. The summed E-state index contributed by atoms with van der Waals surface area (Å²) in [5.41, 5.74) is 3.45. The van der Waals surface area contributed by atoms with Crippen LogP contribution in [0.1, 0.15) is 89.9 Å². The van der Waals surface area contributed by atoms with Gasteiger partial charge in [-0.25, -0.2) is 0 Å². The first-order valence-electron chi connectivity index (χ1n) is 10.8. The Morgan fingerprint density at radius 3 is 2.00 bits per heavy atom. The lowest BCUT2D eigenvalue weighted by atomic mass is 10.1. The van der Waals surface area contributed by atoms with E-state index in [9.17, 15) is 0 Å². The summed E-state index contributed by atoms with van der Waals surface area (Å²) in [5.74, 6) is 3.38. The monoisotopic (exact) mass is 366 g/mol. The summed E-state index contributed by atoms with van der Waals surface area (Å²) < 4.78 is 11.4. The van der Waals surface area contributed by atoms with Gasteiger partial charge < -0.3 is 9.47 Å². The van der Waals surface area contributed by atoms with Crippen LogP contribution in [0.5, 0.6) is 0 Å². The largest absolute Gasteiger partial charge is 0.353 e. The van der Waals surface area contributed by atoms with Gasteiger partial charge in [0.15, 0.2) is 6.29 Å². The fourth-order valence-corrected chi connectivity index (χ4v) is 3.77. The van der Waals surface area contributed by atoms with E-state index in [1.54, 1.807) is 0 Å². The van der Waals surface area contributed by atoms with Gasteiger partial charge >= 0.3 is 0 Å². The zero-order valence-corrected chi connectivity index (χ0v) is 18.2. The van der Waals surface area contributed by atoms with E-state index in [2.05, 4.69) is 31.1 Å². The van der Waals surface area contributed by atoms with Gasteiger partial charge in [-0.15, -0.1) is 11.5 Å². The van der Waals surface area contributed by atoms with Crippen molar-refractivity contribution >= 4 is 8.07 Å². The van der Waals surface area contributed by atoms with Crippen molar-refractivity contribution in [2.45, 2.75) is 116 Å². The highest BCUT2D eigenvalue weighted by Crippen LogP contribution is 2.15. The van der Waals surface area contributed by atoms with Crippen LogP contribution < -0.4 is 0 Å². The first kappa shape index (κ1) is 22.7. The minimum atomic E-state index is -1.14. The molecule has 1 saturated heterocycles. The lowest BCUT2D eigenvalue weighted by Gasteiger charge is -2.22. The Labute approximate surface area is 158 Å². The van der Waals surface area contributed by atoms with Crippen molar-refractivity contribution in [1.29, 1.82) is 0 Å². The highest BCUT2D eigenvalue weighted by Gasteiger charge is 2.13. The molecule has 3 heteroatoms. The Kier molecular flexibility index (Phi) is 13.5. The minimum absolute atomic E-state index is 0.0928. The van der Waals surface area contributed by atoms with Crippen LogP contribution in [0, 0.1) is 11.5 Å². The van der Waals surface area contributed by atoms with Gasteiger partial charge in [-0.3, -0.25) is 0 Å². The van der Waals surface area contributed by atoms with Crippen molar-refractivity contribution in [1.82, 2.24) is 0 Å². The normalized spacial score (nSPS) is 18.0. The van der Waals surface area contributed by atoms with E-state index in [1.165, 1.54) is 77.0 Å². The topological polar surface area (TPSA) is 18.5 Å². The molecule has 25 heavy (non-hydrogen) atoms. The molecule has 0 N–H and O–H groups in total. The van der Waals surface area contributed by atoms with Crippen molar-refractivity contribution in [2.75, 3.05) is 13.2 Å². The van der Waals surface area contributed by atoms with E-state index in [0.717, 1.165) is 26.1 Å². The molecule has 1 atom stereocenters. The lowest BCUT2D eigenvalue weighted by Crippen LogP contribution is -2.22. The van der Waals surface area contributed by atoms with Gasteiger partial charge in [0.25, 0.3) is 0 Å². The van der Waals surface area contributed by atoms with Gasteiger partial charge in [0.05, 0.1) is 0 Å². The molecule has 0 radical (unpaired) electrons. The number of unbranched alkanes of at least 4 members (excludes halogenated alkanes) is 10. The molecule has 2 nitrogen and oxygen atoms in total. The Hall–Kier alpha value is -0.303. The summed E-state index contributed by atoms with van der Waals surface area (Å²) in [4.78, 5) is 0. The summed E-state index contributed by atoms with van der Waals surface area (Å²) >= 11 is 0. The van der Waals surface area contributed by atoms with E-state index in [1.807, 2.05) is 0 Å². The molecule has 0 spiro atoms. The molecule has 0 bridgehead atoms. The molecule has 1 aliphatic rings. The Bertz CT molecular complexity index is 358. The molecule has 1 heterocycles. The molecule has 0 aliphatic carbocycles. The average Bonchev–Trinajstić information content (AvgIpc) is 2.58. The van der Waals surface area contributed by atoms with E-state index in [4.69, 9.17) is 9.47 Å². The van der Waals surface area contributed by atoms with Crippen LogP contribution in [-0.4, -0.2) is 27.6 Å². The summed E-state index contributed by atoms with van der Waals surface area (Å²) in [6.07, 6.45) is 18.3. The van der Waals surface area contributed by atoms with Crippen molar-refractivity contribution in [3.8, 4) is 11.5 Å². The average molecular weight is 367 g/mol. The second kappa shape index (κ2) is 14.8. The standard InChI is InChI=1S/C22H42O2Si/c1-25(2,3)21-17-13-11-9-7-5-4-6-8-10-12-15-19-23-22-18-14-16-20-24-22/h22H,4-16,18-20H2,1-3H3. The van der Waals surface area contributed by atoms with Gasteiger partial charge in [0.1, 0.15) is 8.07 Å². The quantitative estimate of drug-likeness (QED) is 0.205. The summed E-state index contributed by atoms with van der Waals surface area (Å²) in [5, 5.41) is 0. The number of hydrogen-bond donors (Lipinski definition) is 0. The van der Waals surface area contributed by atoms with E-state index >= 15 is 0 Å². The highest BCUT2D eigenvalue weighted by atomic mass is 28.3.